The van der Waals surface area contributed by atoms with Crippen LogP contribution in [0.2, 0.25) is 5.02 Å². The van der Waals surface area contributed by atoms with Crippen LogP contribution in [0.4, 0.5) is 0 Å². The molecule has 0 aliphatic carbocycles. The summed E-state index contributed by atoms with van der Waals surface area (Å²) in [6, 6.07) is 17.8. The number of halogens is 1. The zero-order valence-corrected chi connectivity index (χ0v) is 15.2. The Balaban J connectivity index is 2.26. The van der Waals surface area contributed by atoms with Crippen LogP contribution in [0.3, 0.4) is 0 Å². The molecule has 0 saturated heterocycles. The van der Waals surface area contributed by atoms with Crippen molar-refractivity contribution >= 4 is 17.5 Å². The Hall–Kier alpha value is -2.52. The van der Waals surface area contributed by atoms with Crippen LogP contribution in [-0.4, -0.2) is 10.5 Å². The zero-order valence-electron chi connectivity index (χ0n) is 14.4. The largest absolute Gasteiger partial charge is 0.366 e. The van der Waals surface area contributed by atoms with Gasteiger partial charge in [-0.1, -0.05) is 67.1 Å². The second-order valence-electron chi connectivity index (χ2n) is 6.05. The lowest BCUT2D eigenvalue weighted by atomic mass is 9.99. The summed E-state index contributed by atoms with van der Waals surface area (Å²) in [6.07, 6.45) is 0.779. The number of amides is 1. The third kappa shape index (κ3) is 3.20. The van der Waals surface area contributed by atoms with E-state index >= 15 is 0 Å². The van der Waals surface area contributed by atoms with Gasteiger partial charge in [-0.05, 0) is 25.0 Å². The van der Waals surface area contributed by atoms with E-state index < -0.39 is 5.91 Å². The van der Waals surface area contributed by atoms with Crippen LogP contribution in [0.1, 0.15) is 34.2 Å². The number of hydrogen-bond acceptors (Lipinski definition) is 1. The fourth-order valence-corrected chi connectivity index (χ4v) is 3.63. The van der Waals surface area contributed by atoms with Crippen molar-refractivity contribution in [3.05, 3.63) is 82.1 Å². The standard InChI is InChI=1S/C21H21ClN2O/c1-3-18-20(16-11-7-8-12-17(16)22)19(21(23)25)14(2)24(18)13-15-9-5-4-6-10-15/h4-12H,3,13H2,1-2H3,(H2,23,25). The number of carbonyl (C=O) groups is 1. The lowest BCUT2D eigenvalue weighted by Crippen LogP contribution is -2.13. The number of carbonyl (C=O) groups excluding carboxylic acids is 1. The fraction of sp³-hybridized carbons (Fsp3) is 0.190. The van der Waals surface area contributed by atoms with Gasteiger partial charge in [0.05, 0.1) is 5.56 Å². The highest BCUT2D eigenvalue weighted by Gasteiger charge is 2.25. The van der Waals surface area contributed by atoms with Crippen molar-refractivity contribution in [1.29, 1.82) is 0 Å². The zero-order chi connectivity index (χ0) is 18.0. The maximum Gasteiger partial charge on any atom is 0.251 e. The molecule has 2 aromatic carbocycles. The first-order chi connectivity index (χ1) is 12.0. The van der Waals surface area contributed by atoms with Crippen LogP contribution in [0.25, 0.3) is 11.1 Å². The smallest absolute Gasteiger partial charge is 0.251 e. The molecule has 25 heavy (non-hydrogen) atoms. The number of nitrogens with zero attached hydrogens (tertiary/aromatic N) is 1. The van der Waals surface area contributed by atoms with Gasteiger partial charge in [-0.2, -0.15) is 0 Å². The Morgan fingerprint density at radius 2 is 1.72 bits per heavy atom. The average Bonchev–Trinajstić information content (AvgIpc) is 2.88. The molecule has 3 aromatic rings. The number of rotatable bonds is 5. The molecule has 0 aliphatic heterocycles. The van der Waals surface area contributed by atoms with Crippen LogP contribution in [0.15, 0.2) is 54.6 Å². The Bertz CT molecular complexity index is 913. The van der Waals surface area contributed by atoms with E-state index in [0.29, 0.717) is 17.1 Å². The molecule has 3 rings (SSSR count). The average molecular weight is 353 g/mol. The van der Waals surface area contributed by atoms with Gasteiger partial charge in [0.25, 0.3) is 5.91 Å². The molecule has 128 valence electrons. The van der Waals surface area contributed by atoms with E-state index in [4.69, 9.17) is 17.3 Å². The summed E-state index contributed by atoms with van der Waals surface area (Å²) < 4.78 is 2.17. The van der Waals surface area contributed by atoms with Crippen LogP contribution < -0.4 is 5.73 Å². The molecule has 0 unspecified atom stereocenters. The molecule has 0 fully saturated rings. The van der Waals surface area contributed by atoms with Crippen LogP contribution in [-0.2, 0) is 13.0 Å². The second-order valence-corrected chi connectivity index (χ2v) is 6.46. The summed E-state index contributed by atoms with van der Waals surface area (Å²) in [5.74, 6) is -0.422. The van der Waals surface area contributed by atoms with Gasteiger partial charge in [0.2, 0.25) is 0 Å². The van der Waals surface area contributed by atoms with E-state index in [9.17, 15) is 4.79 Å². The van der Waals surface area contributed by atoms with Crippen molar-refractivity contribution in [2.45, 2.75) is 26.8 Å². The topological polar surface area (TPSA) is 48.0 Å². The highest BCUT2D eigenvalue weighted by atomic mass is 35.5. The highest BCUT2D eigenvalue weighted by molar-refractivity contribution is 6.33. The molecular formula is C21H21ClN2O. The van der Waals surface area contributed by atoms with E-state index in [-0.39, 0.29) is 0 Å². The molecule has 3 nitrogen and oxygen atoms in total. The minimum atomic E-state index is -0.422. The van der Waals surface area contributed by atoms with Gasteiger partial charge in [-0.25, -0.2) is 0 Å². The minimum absolute atomic E-state index is 0.422. The number of nitrogens with two attached hydrogens (primary N) is 1. The number of benzene rings is 2. The highest BCUT2D eigenvalue weighted by Crippen LogP contribution is 2.37. The van der Waals surface area contributed by atoms with Gasteiger partial charge in [-0.3, -0.25) is 4.79 Å². The van der Waals surface area contributed by atoms with Crippen LogP contribution in [0.5, 0.6) is 0 Å². The Morgan fingerprint density at radius 3 is 2.32 bits per heavy atom. The monoisotopic (exact) mass is 352 g/mol. The Labute approximate surface area is 153 Å². The molecule has 2 N–H and O–H groups in total. The maximum atomic E-state index is 12.2. The SMILES string of the molecule is CCc1c(-c2ccccc2Cl)c(C(N)=O)c(C)n1Cc1ccccc1. The summed E-state index contributed by atoms with van der Waals surface area (Å²) in [5, 5.41) is 0.622. The molecule has 0 spiro atoms. The number of hydrogen-bond donors (Lipinski definition) is 1. The van der Waals surface area contributed by atoms with Crippen LogP contribution >= 0.6 is 11.6 Å². The van der Waals surface area contributed by atoms with Gasteiger partial charge in [0.1, 0.15) is 0 Å². The first kappa shape index (κ1) is 17.3. The van der Waals surface area contributed by atoms with E-state index in [0.717, 1.165) is 28.9 Å². The van der Waals surface area contributed by atoms with E-state index in [2.05, 4.69) is 23.6 Å². The van der Waals surface area contributed by atoms with Gasteiger partial charge in [0.15, 0.2) is 0 Å². The van der Waals surface area contributed by atoms with E-state index in [1.165, 1.54) is 5.56 Å². The number of primary amides is 1. The lowest BCUT2D eigenvalue weighted by Gasteiger charge is -2.12. The van der Waals surface area contributed by atoms with E-state index in [1.807, 2.05) is 49.4 Å². The molecule has 0 bridgehead atoms. The first-order valence-electron chi connectivity index (χ1n) is 8.35. The summed E-state index contributed by atoms with van der Waals surface area (Å²) >= 11 is 6.42. The van der Waals surface area contributed by atoms with Gasteiger partial charge in [-0.15, -0.1) is 0 Å². The molecule has 0 atom stereocenters. The molecule has 1 heterocycles. The third-order valence-corrected chi connectivity index (χ3v) is 4.87. The Kier molecular flexibility index (Phi) is 4.95. The first-order valence-corrected chi connectivity index (χ1v) is 8.73. The normalized spacial score (nSPS) is 10.8. The molecule has 1 amide bonds. The van der Waals surface area contributed by atoms with E-state index in [1.54, 1.807) is 0 Å². The molecule has 0 radical (unpaired) electrons. The van der Waals surface area contributed by atoms with Gasteiger partial charge >= 0.3 is 0 Å². The number of aromatic nitrogens is 1. The van der Waals surface area contributed by atoms with Crippen molar-refractivity contribution in [3.8, 4) is 11.1 Å². The molecular weight excluding hydrogens is 332 g/mol. The third-order valence-electron chi connectivity index (χ3n) is 4.54. The second kappa shape index (κ2) is 7.16. The van der Waals surface area contributed by atoms with Gasteiger partial charge in [0, 0.05) is 34.1 Å². The van der Waals surface area contributed by atoms with Gasteiger partial charge < -0.3 is 10.3 Å². The van der Waals surface area contributed by atoms with Crippen molar-refractivity contribution in [2.75, 3.05) is 0 Å². The summed E-state index contributed by atoms with van der Waals surface area (Å²) in [5.41, 5.74) is 11.1. The Morgan fingerprint density at radius 1 is 1.08 bits per heavy atom. The van der Waals surface area contributed by atoms with Crippen molar-refractivity contribution in [3.63, 3.8) is 0 Å². The molecule has 0 saturated carbocycles. The fourth-order valence-electron chi connectivity index (χ4n) is 3.40. The predicted octanol–water partition coefficient (Wildman–Crippen LogP) is 4.83. The minimum Gasteiger partial charge on any atom is -0.366 e. The van der Waals surface area contributed by atoms with Crippen molar-refractivity contribution in [1.82, 2.24) is 4.57 Å². The lowest BCUT2D eigenvalue weighted by molar-refractivity contribution is 0.1000. The molecule has 1 aromatic heterocycles. The predicted molar refractivity (Wildman–Crippen MR) is 103 cm³/mol. The molecule has 4 heteroatoms. The summed E-state index contributed by atoms with van der Waals surface area (Å²) in [4.78, 5) is 12.2. The quantitative estimate of drug-likeness (QED) is 0.702. The van der Waals surface area contributed by atoms with Crippen molar-refractivity contribution in [2.24, 2.45) is 5.73 Å². The van der Waals surface area contributed by atoms with Crippen LogP contribution in [0, 0.1) is 6.92 Å². The summed E-state index contributed by atoms with van der Waals surface area (Å²) in [6.45, 7) is 4.73. The maximum absolute atomic E-state index is 12.2. The summed E-state index contributed by atoms with van der Waals surface area (Å²) in [7, 11) is 0. The molecule has 0 aliphatic rings. The van der Waals surface area contributed by atoms with Crippen molar-refractivity contribution < 1.29 is 4.79 Å².